The van der Waals surface area contributed by atoms with Gasteiger partial charge in [0.25, 0.3) is 0 Å². The minimum absolute atomic E-state index is 0.0274. The zero-order valence-electron chi connectivity index (χ0n) is 25.4. The molecule has 1 aromatic heterocycles. The number of anilines is 2. The smallest absolute Gasteiger partial charge is 0.406 e. The number of morpholine rings is 1. The number of nitriles is 1. The predicted octanol–water partition coefficient (Wildman–Crippen LogP) is 5.17. The number of nitrogens with zero attached hydrogens (tertiary/aromatic N) is 3. The molecule has 4 fully saturated rings. The maximum atomic E-state index is 13.7. The third-order valence-corrected chi connectivity index (χ3v) is 10.0. The van der Waals surface area contributed by atoms with E-state index in [9.17, 15) is 21.6 Å². The van der Waals surface area contributed by atoms with E-state index in [0.717, 1.165) is 50.7 Å². The standard InChI is InChI=1S/C33H36F3N5O4S/c1-46(42,43)27-11-12-30(32(18-27)44-15-13-37)38-14-3-4-24-16-28-29(5-2-6-31(28)41(24)21-33(34,35)36)39-22-7-9-23(10-8-22)40-19-25-17-26(20-40)45-25/h2,5-6,11-12,16,18,22-23,25-26,38-39H,7-10,14-15,17,19-21H2,1H3/t22-,23-,25?,26?. The Balaban J connectivity index is 1.17. The Morgan fingerprint density at radius 1 is 1.07 bits per heavy atom. The Labute approximate surface area is 266 Å². The summed E-state index contributed by atoms with van der Waals surface area (Å²) in [5, 5.41) is 16.2. The summed E-state index contributed by atoms with van der Waals surface area (Å²) in [5.74, 6) is 5.93. The molecule has 3 saturated heterocycles. The van der Waals surface area contributed by atoms with Gasteiger partial charge in [-0.15, -0.1) is 0 Å². The SMILES string of the molecule is CS(=O)(=O)c1ccc(NCC#Cc2cc3c(N[C@H]4CC[C@H](N5CC6CC(C5)O6)CC4)cccc3n2CC(F)(F)F)c(OCC#N)c1. The number of nitrogens with one attached hydrogen (secondary N) is 2. The second kappa shape index (κ2) is 13.1. The van der Waals surface area contributed by atoms with Crippen LogP contribution in [0.5, 0.6) is 5.75 Å². The highest BCUT2D eigenvalue weighted by atomic mass is 32.2. The van der Waals surface area contributed by atoms with E-state index in [2.05, 4.69) is 27.4 Å². The van der Waals surface area contributed by atoms with Gasteiger partial charge in [-0.3, -0.25) is 4.90 Å². The van der Waals surface area contributed by atoms with Crippen LogP contribution in [0.3, 0.4) is 0 Å². The Morgan fingerprint density at radius 3 is 2.48 bits per heavy atom. The molecule has 0 spiro atoms. The molecule has 2 unspecified atom stereocenters. The minimum atomic E-state index is -4.45. The molecular formula is C33H36F3N5O4S. The zero-order valence-corrected chi connectivity index (χ0v) is 26.3. The molecule has 4 heterocycles. The molecule has 244 valence electrons. The van der Waals surface area contributed by atoms with Crippen LogP contribution < -0.4 is 15.4 Å². The highest BCUT2D eigenvalue weighted by molar-refractivity contribution is 7.90. The normalized spacial score (nSPS) is 23.1. The molecule has 13 heteroatoms. The van der Waals surface area contributed by atoms with Crippen LogP contribution in [-0.4, -0.2) is 80.8 Å². The van der Waals surface area contributed by atoms with Gasteiger partial charge in [-0.1, -0.05) is 12.0 Å². The van der Waals surface area contributed by atoms with Crippen LogP contribution in [0.1, 0.15) is 37.8 Å². The number of rotatable bonds is 9. The summed E-state index contributed by atoms with van der Waals surface area (Å²) in [6.07, 6.45) is 2.69. The molecule has 46 heavy (non-hydrogen) atoms. The zero-order chi connectivity index (χ0) is 32.5. The van der Waals surface area contributed by atoms with Crippen molar-refractivity contribution in [3.63, 3.8) is 0 Å². The number of piperidine rings is 1. The van der Waals surface area contributed by atoms with Crippen molar-refractivity contribution in [1.82, 2.24) is 9.47 Å². The van der Waals surface area contributed by atoms with Crippen LogP contribution in [0.4, 0.5) is 24.5 Å². The van der Waals surface area contributed by atoms with Gasteiger partial charge in [-0.25, -0.2) is 8.42 Å². The average molecular weight is 656 g/mol. The van der Waals surface area contributed by atoms with Gasteiger partial charge in [0, 0.05) is 55.0 Å². The monoisotopic (exact) mass is 655 g/mol. The van der Waals surface area contributed by atoms with Gasteiger partial charge >= 0.3 is 6.18 Å². The van der Waals surface area contributed by atoms with Gasteiger partial charge in [0.1, 0.15) is 18.4 Å². The Kier molecular flexibility index (Phi) is 9.10. The number of sulfone groups is 1. The molecule has 2 atom stereocenters. The third kappa shape index (κ3) is 7.38. The Bertz CT molecular complexity index is 1780. The van der Waals surface area contributed by atoms with Gasteiger partial charge in [0.2, 0.25) is 0 Å². The van der Waals surface area contributed by atoms with Crippen molar-refractivity contribution < 1.29 is 31.1 Å². The maximum absolute atomic E-state index is 13.7. The summed E-state index contributed by atoms with van der Waals surface area (Å²) in [7, 11) is -3.51. The van der Waals surface area contributed by atoms with Gasteiger partial charge in [0.15, 0.2) is 16.4 Å². The van der Waals surface area contributed by atoms with Crippen LogP contribution in [-0.2, 0) is 21.1 Å². The third-order valence-electron chi connectivity index (χ3n) is 8.90. The molecule has 0 amide bonds. The van der Waals surface area contributed by atoms with E-state index in [1.54, 1.807) is 18.2 Å². The molecule has 2 N–H and O–H groups in total. The quantitative estimate of drug-likeness (QED) is 0.304. The number of alkyl halides is 3. The fourth-order valence-corrected chi connectivity index (χ4v) is 7.37. The summed E-state index contributed by atoms with van der Waals surface area (Å²) >= 11 is 0. The maximum Gasteiger partial charge on any atom is 0.406 e. The van der Waals surface area contributed by atoms with Crippen LogP contribution in [0, 0.1) is 23.2 Å². The molecule has 1 aliphatic carbocycles. The van der Waals surface area contributed by atoms with Crippen LogP contribution in [0.15, 0.2) is 47.4 Å². The van der Waals surface area contributed by atoms with E-state index in [0.29, 0.717) is 34.8 Å². The van der Waals surface area contributed by atoms with Crippen LogP contribution >= 0.6 is 0 Å². The molecule has 3 aromatic rings. The lowest BCUT2D eigenvalue weighted by molar-refractivity contribution is -0.189. The van der Waals surface area contributed by atoms with E-state index in [1.807, 2.05) is 12.1 Å². The lowest BCUT2D eigenvalue weighted by Gasteiger charge is -2.50. The molecule has 9 nitrogen and oxygen atoms in total. The number of benzene rings is 2. The second-order valence-electron chi connectivity index (χ2n) is 12.2. The van der Waals surface area contributed by atoms with E-state index >= 15 is 0 Å². The Morgan fingerprint density at radius 2 is 1.80 bits per heavy atom. The highest BCUT2D eigenvalue weighted by Gasteiger charge is 2.41. The number of halogens is 3. The van der Waals surface area contributed by atoms with E-state index < -0.39 is 22.6 Å². The number of aromatic nitrogens is 1. The van der Waals surface area contributed by atoms with Crippen molar-refractivity contribution in [1.29, 1.82) is 5.26 Å². The topological polar surface area (TPSA) is 109 Å². The molecule has 1 saturated carbocycles. The minimum Gasteiger partial charge on any atom is -0.477 e. The van der Waals surface area contributed by atoms with Crippen LogP contribution in [0.25, 0.3) is 10.9 Å². The van der Waals surface area contributed by atoms with Crippen molar-refractivity contribution in [3.05, 3.63) is 48.2 Å². The van der Waals surface area contributed by atoms with Gasteiger partial charge in [0.05, 0.1) is 40.5 Å². The first-order valence-electron chi connectivity index (χ1n) is 15.4. The summed E-state index contributed by atoms with van der Waals surface area (Å²) < 4.78 is 77.4. The first kappa shape index (κ1) is 32.0. The second-order valence-corrected chi connectivity index (χ2v) is 14.2. The molecule has 0 radical (unpaired) electrons. The molecule has 7 rings (SSSR count). The lowest BCUT2D eigenvalue weighted by Crippen LogP contribution is -2.60. The first-order chi connectivity index (χ1) is 22.0. The summed E-state index contributed by atoms with van der Waals surface area (Å²) in [4.78, 5) is 2.60. The summed E-state index contributed by atoms with van der Waals surface area (Å²) in [5.41, 5.74) is 1.87. The highest BCUT2D eigenvalue weighted by Crippen LogP contribution is 2.35. The number of fused-ring (bicyclic) bond motifs is 3. The van der Waals surface area contributed by atoms with Gasteiger partial charge in [-0.2, -0.15) is 18.4 Å². The molecule has 2 aromatic carbocycles. The van der Waals surface area contributed by atoms with Crippen molar-refractivity contribution in [2.45, 2.75) is 74.0 Å². The average Bonchev–Trinajstić information content (AvgIpc) is 3.34. The number of hydrogen-bond acceptors (Lipinski definition) is 8. The summed E-state index contributed by atoms with van der Waals surface area (Å²) in [6.45, 7) is 0.584. The Hall–Kier alpha value is -3.91. The summed E-state index contributed by atoms with van der Waals surface area (Å²) in [6, 6.07) is 13.9. The van der Waals surface area contributed by atoms with E-state index in [-0.39, 0.29) is 35.5 Å². The number of ether oxygens (including phenoxy) is 2. The molecular weight excluding hydrogens is 619 g/mol. The van der Waals surface area contributed by atoms with Crippen molar-refractivity contribution in [2.75, 3.05) is 43.1 Å². The van der Waals surface area contributed by atoms with Gasteiger partial charge < -0.3 is 24.7 Å². The van der Waals surface area contributed by atoms with Gasteiger partial charge in [-0.05, 0) is 61.9 Å². The van der Waals surface area contributed by atoms with Crippen LogP contribution in [0.2, 0.25) is 0 Å². The molecule has 3 aliphatic heterocycles. The molecule has 2 bridgehead atoms. The predicted molar refractivity (Wildman–Crippen MR) is 169 cm³/mol. The fourth-order valence-electron chi connectivity index (χ4n) is 6.74. The fraction of sp³-hybridized carbons (Fsp3) is 0.485. The first-order valence-corrected chi connectivity index (χ1v) is 17.3. The lowest BCUT2D eigenvalue weighted by atomic mass is 9.87. The van der Waals surface area contributed by atoms with Crippen molar-refractivity contribution in [2.24, 2.45) is 0 Å². The van der Waals surface area contributed by atoms with E-state index in [4.69, 9.17) is 14.7 Å². The number of hydrogen-bond donors (Lipinski definition) is 2. The largest absolute Gasteiger partial charge is 0.477 e. The van der Waals surface area contributed by atoms with Crippen molar-refractivity contribution in [3.8, 4) is 23.7 Å². The van der Waals surface area contributed by atoms with Crippen molar-refractivity contribution >= 4 is 32.1 Å². The molecule has 4 aliphatic rings. The van der Waals surface area contributed by atoms with E-state index in [1.165, 1.54) is 29.2 Å².